The molecule has 0 atom stereocenters. The van der Waals surface area contributed by atoms with Crippen LogP contribution in [0.4, 0.5) is 8.78 Å². The van der Waals surface area contributed by atoms with Crippen molar-refractivity contribution >= 4 is 38.6 Å². The van der Waals surface area contributed by atoms with Gasteiger partial charge in [0, 0.05) is 6.07 Å². The van der Waals surface area contributed by atoms with Gasteiger partial charge in [0.1, 0.15) is 17.5 Å². The van der Waals surface area contributed by atoms with Crippen LogP contribution in [0.1, 0.15) is 11.4 Å². The molecule has 3 aromatic rings. The maximum atomic E-state index is 14.2. The van der Waals surface area contributed by atoms with Gasteiger partial charge in [0.05, 0.1) is 27.1 Å². The second-order valence-corrected chi connectivity index (χ2v) is 5.83. The number of fused-ring (bicyclic) bond motifs is 1. The summed E-state index contributed by atoms with van der Waals surface area (Å²) in [5.74, 6) is -0.275. The summed E-state index contributed by atoms with van der Waals surface area (Å²) in [6.07, 6.45) is 0. The Morgan fingerprint density at radius 2 is 1.95 bits per heavy atom. The molecule has 3 rings (SSSR count). The van der Waals surface area contributed by atoms with Crippen LogP contribution in [0.2, 0.25) is 0 Å². The summed E-state index contributed by atoms with van der Waals surface area (Å²) < 4.78 is 29.9. The average molecular weight is 372 g/mol. The van der Waals surface area contributed by atoms with Crippen molar-refractivity contribution in [1.29, 1.82) is 0 Å². The average Bonchev–Trinajstić information content (AvgIpc) is 2.79. The van der Waals surface area contributed by atoms with Crippen molar-refractivity contribution in [2.45, 2.75) is 12.8 Å². The Bertz CT molecular complexity index is 845. The lowest BCUT2D eigenvalue weighted by Gasteiger charge is -2.10. The van der Waals surface area contributed by atoms with Crippen molar-refractivity contribution in [3.8, 4) is 5.69 Å². The molecule has 0 spiro atoms. The number of aryl methyl sites for hydroxylation is 1. The van der Waals surface area contributed by atoms with Crippen molar-refractivity contribution in [3.63, 3.8) is 0 Å². The molecule has 1 aromatic heterocycles. The highest BCUT2D eigenvalue weighted by molar-refractivity contribution is 9.10. The van der Waals surface area contributed by atoms with Crippen molar-refractivity contribution in [1.82, 2.24) is 9.55 Å². The fourth-order valence-corrected chi connectivity index (χ4v) is 2.79. The number of alkyl halides is 1. The maximum absolute atomic E-state index is 14.2. The van der Waals surface area contributed by atoms with Crippen LogP contribution in [0.15, 0.2) is 34.8 Å². The smallest absolute Gasteiger partial charge is 0.147 e. The Morgan fingerprint density at radius 3 is 2.67 bits per heavy atom. The topological polar surface area (TPSA) is 17.8 Å². The van der Waals surface area contributed by atoms with E-state index in [1.807, 2.05) is 6.92 Å². The first-order valence-electron chi connectivity index (χ1n) is 6.20. The molecule has 108 valence electrons. The van der Waals surface area contributed by atoms with Gasteiger partial charge in [-0.05, 0) is 46.6 Å². The van der Waals surface area contributed by atoms with Crippen LogP contribution in [-0.4, -0.2) is 9.55 Å². The maximum Gasteiger partial charge on any atom is 0.147 e. The zero-order chi connectivity index (χ0) is 15.1. The molecule has 0 aliphatic heterocycles. The minimum Gasteiger partial charge on any atom is -0.292 e. The van der Waals surface area contributed by atoms with Crippen LogP contribution in [0.25, 0.3) is 16.7 Å². The van der Waals surface area contributed by atoms with Gasteiger partial charge in [-0.3, -0.25) is 4.57 Å². The minimum absolute atomic E-state index is 0.0985. The minimum atomic E-state index is -0.433. The Balaban J connectivity index is 2.40. The van der Waals surface area contributed by atoms with Gasteiger partial charge in [0.25, 0.3) is 0 Å². The van der Waals surface area contributed by atoms with E-state index in [1.54, 1.807) is 22.8 Å². The van der Waals surface area contributed by atoms with Gasteiger partial charge in [-0.1, -0.05) is 6.07 Å². The van der Waals surface area contributed by atoms with Gasteiger partial charge in [0.2, 0.25) is 0 Å². The summed E-state index contributed by atoms with van der Waals surface area (Å²) >= 11 is 9.04. The van der Waals surface area contributed by atoms with Crippen molar-refractivity contribution in [3.05, 3.63) is 57.8 Å². The largest absolute Gasteiger partial charge is 0.292 e. The molecule has 2 aromatic carbocycles. The molecule has 0 saturated heterocycles. The number of aromatic nitrogens is 2. The Labute approximate surface area is 133 Å². The van der Waals surface area contributed by atoms with Gasteiger partial charge in [-0.15, -0.1) is 11.6 Å². The highest BCUT2D eigenvalue weighted by atomic mass is 79.9. The molecule has 21 heavy (non-hydrogen) atoms. The van der Waals surface area contributed by atoms with E-state index in [1.165, 1.54) is 12.1 Å². The molecule has 0 bridgehead atoms. The van der Waals surface area contributed by atoms with Crippen LogP contribution in [-0.2, 0) is 5.88 Å². The lowest BCUT2D eigenvalue weighted by atomic mass is 10.2. The van der Waals surface area contributed by atoms with Crippen LogP contribution in [0.5, 0.6) is 0 Å². The second kappa shape index (κ2) is 5.39. The first kappa shape index (κ1) is 14.5. The third-order valence-corrected chi connectivity index (χ3v) is 4.07. The van der Waals surface area contributed by atoms with E-state index < -0.39 is 11.6 Å². The summed E-state index contributed by atoms with van der Waals surface area (Å²) in [7, 11) is 0. The summed E-state index contributed by atoms with van der Waals surface area (Å²) in [4.78, 5) is 4.35. The first-order chi connectivity index (χ1) is 10.0. The number of hydrogen-bond donors (Lipinski definition) is 0. The Kier molecular flexibility index (Phi) is 3.71. The van der Waals surface area contributed by atoms with E-state index in [2.05, 4.69) is 20.9 Å². The van der Waals surface area contributed by atoms with Gasteiger partial charge in [-0.25, -0.2) is 13.8 Å². The van der Waals surface area contributed by atoms with Crippen LogP contribution >= 0.6 is 27.5 Å². The quantitative estimate of drug-likeness (QED) is 0.572. The zero-order valence-electron chi connectivity index (χ0n) is 11.0. The van der Waals surface area contributed by atoms with E-state index in [9.17, 15) is 8.78 Å². The third-order valence-electron chi connectivity index (χ3n) is 3.23. The Morgan fingerprint density at radius 1 is 1.19 bits per heavy atom. The van der Waals surface area contributed by atoms with Crippen molar-refractivity contribution in [2.75, 3.05) is 0 Å². The fraction of sp³-hybridized carbons (Fsp3) is 0.133. The van der Waals surface area contributed by atoms with E-state index in [0.29, 0.717) is 27.0 Å². The number of rotatable bonds is 2. The molecule has 0 N–H and O–H groups in total. The first-order valence-corrected chi connectivity index (χ1v) is 7.53. The Hall–Kier alpha value is -1.46. The lowest BCUT2D eigenvalue weighted by molar-refractivity contribution is 0.615. The highest BCUT2D eigenvalue weighted by Gasteiger charge is 2.17. The highest BCUT2D eigenvalue weighted by Crippen LogP contribution is 2.28. The third kappa shape index (κ3) is 2.45. The number of hydrogen-bond acceptors (Lipinski definition) is 1. The molecule has 6 heteroatoms. The molecule has 0 aliphatic rings. The molecular weight excluding hydrogens is 362 g/mol. The van der Waals surface area contributed by atoms with Crippen LogP contribution in [0.3, 0.4) is 0 Å². The normalized spacial score (nSPS) is 11.3. The summed E-state index contributed by atoms with van der Waals surface area (Å²) in [6.45, 7) is 1.86. The van der Waals surface area contributed by atoms with Gasteiger partial charge >= 0.3 is 0 Å². The molecule has 0 aliphatic carbocycles. The molecular formula is C15H10BrClF2N2. The van der Waals surface area contributed by atoms with E-state index >= 15 is 0 Å². The number of halogens is 4. The predicted octanol–water partition coefficient (Wildman–Crippen LogP) is 5.11. The van der Waals surface area contributed by atoms with E-state index in [-0.39, 0.29) is 5.88 Å². The van der Waals surface area contributed by atoms with Gasteiger partial charge < -0.3 is 0 Å². The van der Waals surface area contributed by atoms with Gasteiger partial charge in [0.15, 0.2) is 0 Å². The summed E-state index contributed by atoms with van der Waals surface area (Å²) in [5.41, 5.74) is 2.25. The molecule has 0 unspecified atom stereocenters. The van der Waals surface area contributed by atoms with E-state index in [4.69, 9.17) is 11.6 Å². The zero-order valence-corrected chi connectivity index (χ0v) is 13.3. The van der Waals surface area contributed by atoms with Gasteiger partial charge in [-0.2, -0.15) is 0 Å². The van der Waals surface area contributed by atoms with Crippen molar-refractivity contribution in [2.24, 2.45) is 0 Å². The number of benzene rings is 2. The molecule has 0 radical (unpaired) electrons. The summed E-state index contributed by atoms with van der Waals surface area (Å²) in [6, 6.07) is 7.63. The number of imidazole rings is 1. The second-order valence-electron chi connectivity index (χ2n) is 4.71. The van der Waals surface area contributed by atoms with Crippen LogP contribution in [0, 0.1) is 18.6 Å². The SMILES string of the molecule is Cc1ccc(F)c(-n2c(CCl)nc3cc(Br)c(F)cc32)c1. The standard InChI is InChI=1S/C15H10BrClF2N2/c1-8-2-3-10(18)13(4-8)21-14-6-11(19)9(16)5-12(14)20-15(21)7-17/h2-6H,7H2,1H3. The predicted molar refractivity (Wildman–Crippen MR) is 83.0 cm³/mol. The molecule has 0 saturated carbocycles. The van der Waals surface area contributed by atoms with E-state index in [0.717, 1.165) is 5.56 Å². The molecule has 1 heterocycles. The summed E-state index contributed by atoms with van der Waals surface area (Å²) in [5, 5.41) is 0. The fourth-order valence-electron chi connectivity index (χ4n) is 2.28. The molecule has 0 amide bonds. The number of nitrogens with zero attached hydrogens (tertiary/aromatic N) is 2. The molecule has 0 fully saturated rings. The molecule has 2 nitrogen and oxygen atoms in total. The van der Waals surface area contributed by atoms with Crippen LogP contribution < -0.4 is 0 Å². The monoisotopic (exact) mass is 370 g/mol. The lowest BCUT2D eigenvalue weighted by Crippen LogP contribution is -2.02. The van der Waals surface area contributed by atoms with Crippen molar-refractivity contribution < 1.29 is 8.78 Å².